The molecule has 1 amide bonds. The molecule has 8 heteroatoms. The minimum absolute atomic E-state index is 0.147. The quantitative estimate of drug-likeness (QED) is 0.852. The van der Waals surface area contributed by atoms with Crippen LogP contribution in [-0.2, 0) is 4.79 Å². The minimum atomic E-state index is -0.299. The van der Waals surface area contributed by atoms with Crippen molar-refractivity contribution in [1.82, 2.24) is 10.2 Å². The predicted octanol–water partition coefficient (Wildman–Crippen LogP) is 3.32. The van der Waals surface area contributed by atoms with Crippen molar-refractivity contribution in [2.24, 2.45) is 0 Å². The highest BCUT2D eigenvalue weighted by molar-refractivity contribution is 8.02. The summed E-state index contributed by atoms with van der Waals surface area (Å²) < 4.78 is 5.94. The summed E-state index contributed by atoms with van der Waals surface area (Å²) in [4.78, 5) is 12.1. The molecular weight excluding hydrogens is 318 g/mol. The number of rotatable bonds is 5. The number of halogens is 1. The summed E-state index contributed by atoms with van der Waals surface area (Å²) >= 11 is 8.68. The Hall–Kier alpha value is -1.31. The van der Waals surface area contributed by atoms with Gasteiger partial charge in [-0.25, -0.2) is 0 Å². The van der Waals surface area contributed by atoms with Crippen LogP contribution in [0, 0.1) is 0 Å². The number of methoxy groups -OCH3 is 1. The molecule has 5 nitrogen and oxygen atoms in total. The van der Waals surface area contributed by atoms with E-state index < -0.39 is 0 Å². The lowest BCUT2D eigenvalue weighted by molar-refractivity contribution is -0.115. The molecule has 2 aromatic rings. The fourth-order valence-corrected chi connectivity index (χ4v) is 3.23. The van der Waals surface area contributed by atoms with Crippen molar-refractivity contribution >= 4 is 46.3 Å². The number of hydrogen-bond donors (Lipinski definition) is 1. The van der Waals surface area contributed by atoms with Gasteiger partial charge in [-0.15, -0.1) is 10.2 Å². The van der Waals surface area contributed by atoms with Gasteiger partial charge in [-0.2, -0.15) is 0 Å². The van der Waals surface area contributed by atoms with Crippen molar-refractivity contribution < 1.29 is 9.53 Å². The number of carbonyl (C=O) groups is 1. The molecule has 0 saturated heterocycles. The molecule has 1 N–H and O–H groups in total. The molecule has 2 rings (SSSR count). The van der Waals surface area contributed by atoms with Gasteiger partial charge in [-0.3, -0.25) is 4.79 Å². The monoisotopic (exact) mass is 329 g/mol. The van der Waals surface area contributed by atoms with Crippen molar-refractivity contribution in [2.45, 2.75) is 16.5 Å². The third kappa shape index (κ3) is 3.84. The Balaban J connectivity index is 2.05. The number of amides is 1. The number of hydrogen-bond acceptors (Lipinski definition) is 6. The van der Waals surface area contributed by atoms with Gasteiger partial charge in [0.25, 0.3) is 0 Å². The number of ether oxygens (including phenoxy) is 1. The maximum absolute atomic E-state index is 12.1. The molecular formula is C12H12ClN3O2S2. The summed E-state index contributed by atoms with van der Waals surface area (Å²) in [5.74, 6) is 0.418. The summed E-state index contributed by atoms with van der Waals surface area (Å²) in [5.41, 5.74) is 2.18. The van der Waals surface area contributed by atoms with Gasteiger partial charge in [-0.05, 0) is 25.1 Å². The normalized spacial score (nSPS) is 11.9. The average molecular weight is 330 g/mol. The Bertz CT molecular complexity index is 592. The molecule has 0 aliphatic carbocycles. The van der Waals surface area contributed by atoms with Crippen LogP contribution in [0.1, 0.15) is 6.92 Å². The van der Waals surface area contributed by atoms with E-state index in [0.717, 1.165) is 4.34 Å². The number of anilines is 1. The summed E-state index contributed by atoms with van der Waals surface area (Å²) in [5, 5.41) is 10.7. The van der Waals surface area contributed by atoms with E-state index in [1.165, 1.54) is 30.2 Å². The lowest BCUT2D eigenvalue weighted by Crippen LogP contribution is -2.22. The van der Waals surface area contributed by atoms with Crippen LogP contribution in [0.4, 0.5) is 5.69 Å². The Labute approximate surface area is 129 Å². The van der Waals surface area contributed by atoms with Crippen LogP contribution in [0.15, 0.2) is 28.0 Å². The van der Waals surface area contributed by atoms with Gasteiger partial charge in [0.05, 0.1) is 18.0 Å². The molecule has 1 heterocycles. The third-order valence-corrected chi connectivity index (χ3v) is 4.55. The molecule has 0 aliphatic heterocycles. The second-order valence-electron chi connectivity index (χ2n) is 3.80. The standard InChI is InChI=1S/C12H12ClN3O2S2/c1-7(20-12-16-14-6-19-12)11(17)15-9-5-8(13)3-4-10(9)18-2/h3-7H,1-2H3,(H,15,17)/t7-/m0/s1. The first kappa shape index (κ1) is 15.1. The van der Waals surface area contributed by atoms with E-state index in [2.05, 4.69) is 15.5 Å². The maximum atomic E-state index is 12.1. The second kappa shape index (κ2) is 6.92. The van der Waals surface area contributed by atoms with Crippen LogP contribution >= 0.6 is 34.7 Å². The van der Waals surface area contributed by atoms with E-state index in [1.807, 2.05) is 0 Å². The highest BCUT2D eigenvalue weighted by Crippen LogP contribution is 2.29. The number of thioether (sulfide) groups is 1. The van der Waals surface area contributed by atoms with E-state index in [-0.39, 0.29) is 11.2 Å². The molecule has 0 radical (unpaired) electrons. The van der Waals surface area contributed by atoms with Crippen LogP contribution in [-0.4, -0.2) is 28.5 Å². The topological polar surface area (TPSA) is 64.1 Å². The van der Waals surface area contributed by atoms with Gasteiger partial charge in [0.1, 0.15) is 11.3 Å². The number of aromatic nitrogens is 2. The number of nitrogens with zero attached hydrogens (tertiary/aromatic N) is 2. The molecule has 106 valence electrons. The molecule has 0 fully saturated rings. The average Bonchev–Trinajstić information content (AvgIpc) is 2.91. The minimum Gasteiger partial charge on any atom is -0.495 e. The Kier molecular flexibility index (Phi) is 5.22. The van der Waals surface area contributed by atoms with Crippen molar-refractivity contribution in [3.63, 3.8) is 0 Å². The van der Waals surface area contributed by atoms with Gasteiger partial charge in [0.2, 0.25) is 5.91 Å². The predicted molar refractivity (Wildman–Crippen MR) is 81.9 cm³/mol. The van der Waals surface area contributed by atoms with Crippen LogP contribution in [0.3, 0.4) is 0 Å². The smallest absolute Gasteiger partial charge is 0.237 e. The van der Waals surface area contributed by atoms with Crippen LogP contribution in [0.2, 0.25) is 5.02 Å². The van der Waals surface area contributed by atoms with Gasteiger partial charge in [0, 0.05) is 5.02 Å². The Morgan fingerprint density at radius 1 is 1.55 bits per heavy atom. The SMILES string of the molecule is COc1ccc(Cl)cc1NC(=O)[C@H](C)Sc1nncs1. The molecule has 20 heavy (non-hydrogen) atoms. The van der Waals surface area contributed by atoms with Gasteiger partial charge in [-0.1, -0.05) is 34.7 Å². The zero-order valence-electron chi connectivity index (χ0n) is 10.8. The van der Waals surface area contributed by atoms with Crippen molar-refractivity contribution in [3.8, 4) is 5.75 Å². The fourth-order valence-electron chi connectivity index (χ4n) is 1.43. The first-order valence-corrected chi connectivity index (χ1v) is 7.81. The van der Waals surface area contributed by atoms with E-state index in [1.54, 1.807) is 30.6 Å². The fraction of sp³-hybridized carbons (Fsp3) is 0.250. The van der Waals surface area contributed by atoms with Crippen molar-refractivity contribution in [2.75, 3.05) is 12.4 Å². The molecule has 1 aromatic heterocycles. The zero-order chi connectivity index (χ0) is 14.5. The lowest BCUT2D eigenvalue weighted by atomic mass is 10.3. The second-order valence-corrected chi connectivity index (χ2v) is 6.66. The van der Waals surface area contributed by atoms with Crippen LogP contribution in [0.5, 0.6) is 5.75 Å². The van der Waals surface area contributed by atoms with E-state index in [0.29, 0.717) is 16.5 Å². The first-order valence-electron chi connectivity index (χ1n) is 5.67. The van der Waals surface area contributed by atoms with E-state index >= 15 is 0 Å². The molecule has 0 saturated carbocycles. The number of nitrogens with one attached hydrogen (secondary N) is 1. The lowest BCUT2D eigenvalue weighted by Gasteiger charge is -2.13. The number of benzene rings is 1. The summed E-state index contributed by atoms with van der Waals surface area (Å²) in [7, 11) is 1.54. The van der Waals surface area contributed by atoms with Gasteiger partial charge < -0.3 is 10.1 Å². The Morgan fingerprint density at radius 2 is 2.35 bits per heavy atom. The van der Waals surface area contributed by atoms with Gasteiger partial charge >= 0.3 is 0 Å². The maximum Gasteiger partial charge on any atom is 0.237 e. The van der Waals surface area contributed by atoms with Crippen molar-refractivity contribution in [1.29, 1.82) is 0 Å². The summed E-state index contributed by atoms with van der Waals surface area (Å²) in [6.45, 7) is 1.80. The number of carbonyl (C=O) groups excluding carboxylic acids is 1. The van der Waals surface area contributed by atoms with Crippen molar-refractivity contribution in [3.05, 3.63) is 28.7 Å². The largest absolute Gasteiger partial charge is 0.495 e. The van der Waals surface area contributed by atoms with Gasteiger partial charge in [0.15, 0.2) is 4.34 Å². The summed E-state index contributed by atoms with van der Waals surface area (Å²) in [6, 6.07) is 5.07. The summed E-state index contributed by atoms with van der Waals surface area (Å²) in [6.07, 6.45) is 0. The molecule has 1 atom stereocenters. The molecule has 0 unspecified atom stereocenters. The van der Waals surface area contributed by atoms with Crippen LogP contribution in [0.25, 0.3) is 0 Å². The third-order valence-electron chi connectivity index (χ3n) is 2.41. The zero-order valence-corrected chi connectivity index (χ0v) is 13.2. The molecule has 0 spiro atoms. The first-order chi connectivity index (χ1) is 9.60. The highest BCUT2D eigenvalue weighted by atomic mass is 35.5. The molecule has 1 aromatic carbocycles. The highest BCUT2D eigenvalue weighted by Gasteiger charge is 2.17. The van der Waals surface area contributed by atoms with E-state index in [4.69, 9.17) is 16.3 Å². The van der Waals surface area contributed by atoms with E-state index in [9.17, 15) is 4.79 Å². The van der Waals surface area contributed by atoms with Crippen LogP contribution < -0.4 is 10.1 Å². The molecule has 0 bridgehead atoms. The molecule has 0 aliphatic rings. The Morgan fingerprint density at radius 3 is 3.00 bits per heavy atom.